The van der Waals surface area contributed by atoms with Crippen LogP contribution in [0.15, 0.2) is 17.3 Å². The van der Waals surface area contributed by atoms with Crippen LogP contribution in [0.25, 0.3) is 0 Å². The summed E-state index contributed by atoms with van der Waals surface area (Å²) in [7, 11) is 0. The molecular weight excluding hydrogens is 325 g/mol. The predicted octanol–water partition coefficient (Wildman–Crippen LogP) is 3.47. The maximum absolute atomic E-state index is 12.5. The highest BCUT2D eigenvalue weighted by Gasteiger charge is 2.31. The van der Waals surface area contributed by atoms with E-state index in [1.807, 2.05) is 0 Å². The lowest BCUT2D eigenvalue weighted by molar-refractivity contribution is -0.137. The van der Waals surface area contributed by atoms with Crippen molar-refractivity contribution in [2.24, 2.45) is 5.92 Å². The van der Waals surface area contributed by atoms with Crippen LogP contribution in [0.3, 0.4) is 0 Å². The summed E-state index contributed by atoms with van der Waals surface area (Å²) < 4.78 is 42.7. The minimum absolute atomic E-state index is 0.0408. The molecule has 118 valence electrons. The van der Waals surface area contributed by atoms with Crippen molar-refractivity contribution in [2.45, 2.75) is 17.6 Å². The molecular formula is C13H16ClF3N2OS. The van der Waals surface area contributed by atoms with Crippen molar-refractivity contribution < 1.29 is 17.9 Å². The lowest BCUT2D eigenvalue weighted by Gasteiger charge is -2.10. The molecule has 1 N–H and O–H groups in total. The van der Waals surface area contributed by atoms with Crippen molar-refractivity contribution in [3.63, 3.8) is 0 Å². The molecule has 0 aliphatic carbocycles. The average Bonchev–Trinajstić information content (AvgIpc) is 2.92. The Kier molecular flexibility index (Phi) is 6.16. The fourth-order valence-corrected chi connectivity index (χ4v) is 3.05. The number of ether oxygens (including phenoxy) is 1. The predicted molar refractivity (Wildman–Crippen MR) is 76.8 cm³/mol. The Morgan fingerprint density at radius 3 is 2.90 bits per heavy atom. The zero-order valence-corrected chi connectivity index (χ0v) is 12.8. The molecule has 0 aromatic carbocycles. The standard InChI is InChI=1S/C13H16ClF3N2OS/c14-11-5-10(13(15,16)17)7-19-12(11)21-4-2-18-6-9-1-3-20-8-9/h5,7,9,18H,1-4,6,8H2. The minimum Gasteiger partial charge on any atom is -0.381 e. The monoisotopic (exact) mass is 340 g/mol. The molecule has 0 amide bonds. The molecule has 3 nitrogen and oxygen atoms in total. The van der Waals surface area contributed by atoms with Crippen LogP contribution in [0.5, 0.6) is 0 Å². The van der Waals surface area contributed by atoms with Gasteiger partial charge in [0.15, 0.2) is 0 Å². The number of nitrogens with zero attached hydrogens (tertiary/aromatic N) is 1. The van der Waals surface area contributed by atoms with E-state index in [4.69, 9.17) is 16.3 Å². The summed E-state index contributed by atoms with van der Waals surface area (Å²) in [5, 5.41) is 3.77. The molecule has 1 aliphatic heterocycles. The molecule has 1 saturated heterocycles. The number of halogens is 4. The topological polar surface area (TPSA) is 34.2 Å². The summed E-state index contributed by atoms with van der Waals surface area (Å²) in [6.45, 7) is 3.27. The van der Waals surface area contributed by atoms with Gasteiger partial charge < -0.3 is 10.1 Å². The van der Waals surface area contributed by atoms with E-state index in [2.05, 4.69) is 10.3 Å². The molecule has 21 heavy (non-hydrogen) atoms. The van der Waals surface area contributed by atoms with E-state index < -0.39 is 11.7 Å². The highest BCUT2D eigenvalue weighted by Crippen LogP contribution is 2.33. The van der Waals surface area contributed by atoms with Crippen LogP contribution in [0, 0.1) is 5.92 Å². The van der Waals surface area contributed by atoms with Crippen molar-refractivity contribution in [1.82, 2.24) is 10.3 Å². The van der Waals surface area contributed by atoms with Gasteiger partial charge in [-0.1, -0.05) is 11.6 Å². The SMILES string of the molecule is FC(F)(F)c1cnc(SCCNCC2CCOC2)c(Cl)c1. The number of rotatable bonds is 6. The number of aromatic nitrogens is 1. The summed E-state index contributed by atoms with van der Waals surface area (Å²) in [4.78, 5) is 3.78. The molecule has 0 saturated carbocycles. The summed E-state index contributed by atoms with van der Waals surface area (Å²) >= 11 is 7.18. The summed E-state index contributed by atoms with van der Waals surface area (Å²) in [5.74, 6) is 1.26. The Hall–Kier alpha value is -0.500. The number of thioether (sulfide) groups is 1. The maximum atomic E-state index is 12.5. The van der Waals surface area contributed by atoms with Crippen LogP contribution in [-0.4, -0.2) is 37.0 Å². The van der Waals surface area contributed by atoms with E-state index in [0.29, 0.717) is 16.7 Å². The first kappa shape index (κ1) is 16.9. The van der Waals surface area contributed by atoms with Gasteiger partial charge in [-0.15, -0.1) is 11.8 Å². The van der Waals surface area contributed by atoms with Crippen molar-refractivity contribution in [2.75, 3.05) is 32.1 Å². The van der Waals surface area contributed by atoms with Crippen LogP contribution >= 0.6 is 23.4 Å². The quantitative estimate of drug-likeness (QED) is 0.635. The number of nitrogens with one attached hydrogen (secondary N) is 1. The second kappa shape index (κ2) is 7.67. The molecule has 0 radical (unpaired) electrons. The van der Waals surface area contributed by atoms with Crippen molar-refractivity contribution >= 4 is 23.4 Å². The van der Waals surface area contributed by atoms with Gasteiger partial charge in [-0.3, -0.25) is 0 Å². The molecule has 1 aromatic heterocycles. The number of hydrogen-bond acceptors (Lipinski definition) is 4. The van der Waals surface area contributed by atoms with Crippen LogP contribution in [0.4, 0.5) is 13.2 Å². The number of hydrogen-bond donors (Lipinski definition) is 1. The first-order valence-electron chi connectivity index (χ1n) is 6.61. The molecule has 1 aliphatic rings. The van der Waals surface area contributed by atoms with Crippen LogP contribution in [0.1, 0.15) is 12.0 Å². The minimum atomic E-state index is -4.41. The molecule has 2 rings (SSSR count). The summed E-state index contributed by atoms with van der Waals surface area (Å²) in [5.41, 5.74) is -0.823. The molecule has 0 spiro atoms. The van der Waals surface area contributed by atoms with Gasteiger partial charge >= 0.3 is 6.18 Å². The average molecular weight is 341 g/mol. The van der Waals surface area contributed by atoms with E-state index in [1.54, 1.807) is 0 Å². The lowest BCUT2D eigenvalue weighted by atomic mass is 10.1. The fraction of sp³-hybridized carbons (Fsp3) is 0.615. The van der Waals surface area contributed by atoms with Gasteiger partial charge in [0, 0.05) is 31.6 Å². The van der Waals surface area contributed by atoms with E-state index in [9.17, 15) is 13.2 Å². The Labute approximate surface area is 130 Å². The maximum Gasteiger partial charge on any atom is 0.417 e. The van der Waals surface area contributed by atoms with Gasteiger partial charge in [0.2, 0.25) is 0 Å². The molecule has 2 heterocycles. The molecule has 1 aromatic rings. The largest absolute Gasteiger partial charge is 0.417 e. The van der Waals surface area contributed by atoms with Crippen molar-refractivity contribution in [3.05, 3.63) is 22.8 Å². The third-order valence-corrected chi connectivity index (χ3v) is 4.52. The smallest absolute Gasteiger partial charge is 0.381 e. The summed E-state index contributed by atoms with van der Waals surface area (Å²) in [6, 6.07) is 0.917. The Bertz CT molecular complexity index is 467. The Morgan fingerprint density at radius 2 is 2.29 bits per heavy atom. The Balaban J connectivity index is 1.73. The number of alkyl halides is 3. The second-order valence-electron chi connectivity index (χ2n) is 4.79. The van der Waals surface area contributed by atoms with Crippen LogP contribution < -0.4 is 5.32 Å². The van der Waals surface area contributed by atoms with Gasteiger partial charge in [-0.25, -0.2) is 4.98 Å². The third-order valence-electron chi connectivity index (χ3n) is 3.11. The molecule has 1 atom stereocenters. The zero-order valence-electron chi connectivity index (χ0n) is 11.3. The van der Waals surface area contributed by atoms with Crippen LogP contribution in [0.2, 0.25) is 5.02 Å². The fourth-order valence-electron chi connectivity index (χ4n) is 1.96. The van der Waals surface area contributed by atoms with Crippen molar-refractivity contribution in [1.29, 1.82) is 0 Å². The molecule has 8 heteroatoms. The van der Waals surface area contributed by atoms with Crippen molar-refractivity contribution in [3.8, 4) is 0 Å². The van der Waals surface area contributed by atoms with Gasteiger partial charge in [0.05, 0.1) is 17.2 Å². The molecule has 1 fully saturated rings. The highest BCUT2D eigenvalue weighted by molar-refractivity contribution is 7.99. The first-order valence-corrected chi connectivity index (χ1v) is 7.97. The van der Waals surface area contributed by atoms with Gasteiger partial charge in [0.1, 0.15) is 5.03 Å². The third kappa shape index (κ3) is 5.32. The van der Waals surface area contributed by atoms with E-state index in [1.165, 1.54) is 11.8 Å². The highest BCUT2D eigenvalue weighted by atomic mass is 35.5. The van der Waals surface area contributed by atoms with E-state index in [-0.39, 0.29) is 5.02 Å². The van der Waals surface area contributed by atoms with E-state index >= 15 is 0 Å². The van der Waals surface area contributed by atoms with Gasteiger partial charge in [-0.05, 0) is 18.4 Å². The normalized spacial score (nSPS) is 19.1. The first-order chi connectivity index (χ1) is 9.97. The Morgan fingerprint density at radius 1 is 1.48 bits per heavy atom. The van der Waals surface area contributed by atoms with Gasteiger partial charge in [0.25, 0.3) is 0 Å². The van der Waals surface area contributed by atoms with Gasteiger partial charge in [-0.2, -0.15) is 13.2 Å². The molecule has 0 bridgehead atoms. The van der Waals surface area contributed by atoms with E-state index in [0.717, 1.165) is 45.0 Å². The zero-order chi connectivity index (χ0) is 15.3. The lowest BCUT2D eigenvalue weighted by Crippen LogP contribution is -2.25. The second-order valence-corrected chi connectivity index (χ2v) is 6.28. The molecule has 1 unspecified atom stereocenters. The number of pyridine rings is 1. The van der Waals surface area contributed by atoms with Crippen LogP contribution in [-0.2, 0) is 10.9 Å². The summed E-state index contributed by atoms with van der Waals surface area (Å²) in [6.07, 6.45) is -2.52.